The Kier molecular flexibility index (Phi) is 8.03. The molecule has 1 heterocycles. The van der Waals surface area contributed by atoms with Crippen molar-refractivity contribution in [1.29, 1.82) is 0 Å². The average molecular weight is 447 g/mol. The minimum atomic E-state index is -1.11. The van der Waals surface area contributed by atoms with Gasteiger partial charge in [-0.1, -0.05) is 54.1 Å². The van der Waals surface area contributed by atoms with Crippen LogP contribution in [0.25, 0.3) is 0 Å². The van der Waals surface area contributed by atoms with E-state index in [2.05, 4.69) is 17.0 Å². The molecule has 0 aliphatic carbocycles. The van der Waals surface area contributed by atoms with Crippen molar-refractivity contribution in [2.45, 2.75) is 6.04 Å². The first-order valence-corrected chi connectivity index (χ1v) is 10.7. The van der Waals surface area contributed by atoms with Crippen molar-refractivity contribution in [3.05, 3.63) is 70.7 Å². The Balaban J connectivity index is 1.75. The summed E-state index contributed by atoms with van der Waals surface area (Å²) in [6, 6.07) is 18.0. The number of carboxylic acid groups (broad SMARTS) is 2. The average Bonchev–Trinajstić information content (AvgIpc) is 2.74. The topological polar surface area (TPSA) is 89.9 Å². The van der Waals surface area contributed by atoms with Gasteiger partial charge in [0.2, 0.25) is 0 Å². The lowest BCUT2D eigenvalue weighted by atomic mass is 9.96. The number of hydrogen-bond donors (Lipinski definition) is 1. The number of carboxylic acids is 2. The Morgan fingerprint density at radius 3 is 2.26 bits per heavy atom. The Labute approximate surface area is 187 Å². The van der Waals surface area contributed by atoms with Gasteiger partial charge in [-0.15, -0.1) is 0 Å². The molecule has 1 unspecified atom stereocenters. The number of ether oxygens (including phenoxy) is 1. The van der Waals surface area contributed by atoms with E-state index in [9.17, 15) is 14.7 Å². The highest BCUT2D eigenvalue weighted by atomic mass is 35.5. The van der Waals surface area contributed by atoms with Gasteiger partial charge in [-0.2, -0.15) is 0 Å². The second-order valence-corrected chi connectivity index (χ2v) is 8.33. The molecule has 166 valence electrons. The summed E-state index contributed by atoms with van der Waals surface area (Å²) in [5.74, 6) is -2.14. The van der Waals surface area contributed by atoms with Crippen LogP contribution in [0.15, 0.2) is 54.6 Å². The molecule has 0 amide bonds. The minimum Gasteiger partial charge on any atom is -0.544 e. The summed E-state index contributed by atoms with van der Waals surface area (Å²) in [7, 11) is 0. The van der Waals surface area contributed by atoms with Gasteiger partial charge < -0.3 is 24.2 Å². The van der Waals surface area contributed by atoms with Crippen LogP contribution < -0.4 is 5.11 Å². The van der Waals surface area contributed by atoms with Gasteiger partial charge in [-0.25, -0.2) is 4.79 Å². The second kappa shape index (κ2) is 10.7. The first-order valence-electron chi connectivity index (χ1n) is 10.3. The van der Waals surface area contributed by atoms with E-state index in [-0.39, 0.29) is 25.8 Å². The summed E-state index contributed by atoms with van der Waals surface area (Å²) in [6.45, 7) is 2.74. The predicted octanol–water partition coefficient (Wildman–Crippen LogP) is 1.41. The summed E-state index contributed by atoms with van der Waals surface area (Å²) in [4.78, 5) is 24.4. The highest BCUT2D eigenvalue weighted by Crippen LogP contribution is 2.31. The summed E-state index contributed by atoms with van der Waals surface area (Å²) >= 11 is 6.09. The molecule has 0 bridgehead atoms. The highest BCUT2D eigenvalue weighted by molar-refractivity contribution is 6.30. The summed E-state index contributed by atoms with van der Waals surface area (Å²) in [6.07, 6.45) is 0. The molecule has 0 spiro atoms. The number of nitrogens with zero attached hydrogens (tertiary/aromatic N) is 2. The largest absolute Gasteiger partial charge is 0.544 e. The van der Waals surface area contributed by atoms with Crippen LogP contribution in [0, 0.1) is 0 Å². The van der Waals surface area contributed by atoms with Gasteiger partial charge in [0, 0.05) is 18.1 Å². The fourth-order valence-corrected chi connectivity index (χ4v) is 4.34. The predicted molar refractivity (Wildman–Crippen MR) is 115 cm³/mol. The zero-order valence-corrected chi connectivity index (χ0v) is 18.0. The third-order valence-corrected chi connectivity index (χ3v) is 6.04. The van der Waals surface area contributed by atoms with Crippen LogP contribution >= 0.6 is 11.6 Å². The molecule has 7 nitrogen and oxygen atoms in total. The van der Waals surface area contributed by atoms with Gasteiger partial charge in [0.15, 0.2) is 0 Å². The third-order valence-electron chi connectivity index (χ3n) is 5.79. The lowest BCUT2D eigenvalue weighted by Crippen LogP contribution is -2.64. The molecule has 8 heteroatoms. The van der Waals surface area contributed by atoms with E-state index in [1.807, 2.05) is 42.5 Å². The number of carbonyl (C=O) groups is 2. The summed E-state index contributed by atoms with van der Waals surface area (Å²) in [5, 5.41) is 20.8. The van der Waals surface area contributed by atoms with E-state index >= 15 is 0 Å². The first kappa shape index (κ1) is 23.2. The molecule has 2 aromatic rings. The normalized spacial score (nSPS) is 17.2. The smallest absolute Gasteiger partial charge is 0.329 e. The number of quaternary nitrogens is 1. The SMILES string of the molecule is O=C([O-])C[N+]1(CCOCC(=O)O)CCN(C(c2ccccc2)c2ccc(Cl)cc2)CC1. The van der Waals surface area contributed by atoms with Crippen molar-refractivity contribution >= 4 is 23.5 Å². The minimum absolute atomic E-state index is 0.0341. The van der Waals surface area contributed by atoms with Gasteiger partial charge in [0.1, 0.15) is 19.7 Å². The van der Waals surface area contributed by atoms with Crippen molar-refractivity contribution in [1.82, 2.24) is 4.90 Å². The van der Waals surface area contributed by atoms with E-state index in [1.165, 1.54) is 0 Å². The van der Waals surface area contributed by atoms with Crippen LogP contribution in [-0.4, -0.2) is 78.9 Å². The molecule has 0 saturated carbocycles. The Morgan fingerprint density at radius 2 is 1.68 bits per heavy atom. The van der Waals surface area contributed by atoms with Crippen LogP contribution in [0.1, 0.15) is 17.2 Å². The first-order chi connectivity index (χ1) is 14.9. The lowest BCUT2D eigenvalue weighted by molar-refractivity contribution is -0.927. The number of benzene rings is 2. The molecule has 3 rings (SSSR count). The molecule has 1 N–H and O–H groups in total. The van der Waals surface area contributed by atoms with E-state index < -0.39 is 11.9 Å². The molecule has 1 aliphatic rings. The fourth-order valence-electron chi connectivity index (χ4n) is 4.21. The maximum atomic E-state index is 11.4. The molecule has 1 atom stereocenters. The summed E-state index contributed by atoms with van der Waals surface area (Å²) in [5.41, 5.74) is 2.29. The Bertz CT molecular complexity index is 867. The molecule has 31 heavy (non-hydrogen) atoms. The van der Waals surface area contributed by atoms with Crippen LogP contribution in [0.5, 0.6) is 0 Å². The highest BCUT2D eigenvalue weighted by Gasteiger charge is 2.36. The van der Waals surface area contributed by atoms with Crippen LogP contribution in [0.2, 0.25) is 5.02 Å². The van der Waals surface area contributed by atoms with E-state index in [4.69, 9.17) is 21.4 Å². The number of halogens is 1. The van der Waals surface area contributed by atoms with Crippen molar-refractivity contribution < 1.29 is 29.0 Å². The molecular formula is C23H27ClN2O5. The number of hydrogen-bond acceptors (Lipinski definition) is 5. The molecular weight excluding hydrogens is 420 g/mol. The standard InChI is InChI=1S/C23H27ClN2O5/c24-20-8-6-19(7-9-20)23(18-4-2-1-3-5-18)25-10-12-26(13-11-25,16-21(27)28)14-15-31-17-22(29)30/h1-9,23H,10-17H2,(H-,27,28,29,30). The number of rotatable bonds is 10. The number of carbonyl (C=O) groups excluding carboxylic acids is 1. The van der Waals surface area contributed by atoms with Gasteiger partial charge in [-0.05, 0) is 23.3 Å². The quantitative estimate of drug-likeness (QED) is 0.438. The van der Waals surface area contributed by atoms with Crippen LogP contribution in [-0.2, 0) is 14.3 Å². The number of piperazine rings is 1. The lowest BCUT2D eigenvalue weighted by Gasteiger charge is -2.47. The van der Waals surface area contributed by atoms with E-state index in [0.29, 0.717) is 42.2 Å². The van der Waals surface area contributed by atoms with Gasteiger partial charge in [0.25, 0.3) is 0 Å². The van der Waals surface area contributed by atoms with Gasteiger partial charge >= 0.3 is 5.97 Å². The summed E-state index contributed by atoms with van der Waals surface area (Å²) < 4.78 is 5.49. The van der Waals surface area contributed by atoms with E-state index in [1.54, 1.807) is 0 Å². The molecule has 2 aromatic carbocycles. The zero-order chi connectivity index (χ0) is 22.3. The Hall–Kier alpha value is -2.45. The monoisotopic (exact) mass is 446 g/mol. The second-order valence-electron chi connectivity index (χ2n) is 7.89. The van der Waals surface area contributed by atoms with Crippen molar-refractivity contribution in [3.63, 3.8) is 0 Å². The van der Waals surface area contributed by atoms with Crippen molar-refractivity contribution in [2.24, 2.45) is 0 Å². The maximum Gasteiger partial charge on any atom is 0.329 e. The molecule has 0 radical (unpaired) electrons. The van der Waals surface area contributed by atoms with Crippen molar-refractivity contribution in [3.8, 4) is 0 Å². The molecule has 0 aromatic heterocycles. The zero-order valence-electron chi connectivity index (χ0n) is 17.3. The van der Waals surface area contributed by atoms with E-state index in [0.717, 1.165) is 11.1 Å². The fraction of sp³-hybridized carbons (Fsp3) is 0.391. The molecule has 1 saturated heterocycles. The Morgan fingerprint density at radius 1 is 1.06 bits per heavy atom. The molecule has 1 aliphatic heterocycles. The van der Waals surface area contributed by atoms with Gasteiger partial charge in [-0.3, -0.25) is 4.90 Å². The molecule has 1 fully saturated rings. The maximum absolute atomic E-state index is 11.4. The van der Waals surface area contributed by atoms with Crippen LogP contribution in [0.4, 0.5) is 0 Å². The third kappa shape index (κ3) is 6.51. The van der Waals surface area contributed by atoms with Crippen LogP contribution in [0.3, 0.4) is 0 Å². The van der Waals surface area contributed by atoms with Crippen molar-refractivity contribution in [2.75, 3.05) is 52.5 Å². The van der Waals surface area contributed by atoms with Gasteiger partial charge in [0.05, 0.1) is 31.7 Å². The number of aliphatic carboxylic acids is 2.